The molecule has 212 valence electrons. The number of Topliss-reactive ketones (excluding diaryl/α,β-unsaturated/α-hetero) is 1. The van der Waals surface area contributed by atoms with Crippen LogP contribution in [0.1, 0.15) is 41.8 Å². The van der Waals surface area contributed by atoms with Crippen molar-refractivity contribution in [2.45, 2.75) is 39.3 Å². The molecule has 0 saturated heterocycles. The Bertz CT molecular complexity index is 1430. The summed E-state index contributed by atoms with van der Waals surface area (Å²) in [4.78, 5) is 40.7. The number of hydrogen-bond donors (Lipinski definition) is 1. The maximum Gasteiger partial charge on any atom is 0.244 e. The molecule has 3 aromatic rings. The first-order valence-electron chi connectivity index (χ1n) is 12.9. The molecule has 0 aromatic heterocycles. The molecule has 1 N–H and O–H groups in total. The quantitative estimate of drug-likeness (QED) is 0.315. The zero-order chi connectivity index (χ0) is 29.3. The van der Waals surface area contributed by atoms with Gasteiger partial charge in [0, 0.05) is 25.1 Å². The van der Waals surface area contributed by atoms with Gasteiger partial charge in [-0.05, 0) is 48.7 Å². The van der Waals surface area contributed by atoms with Gasteiger partial charge in [-0.3, -0.25) is 18.7 Å². The number of sulfonamides is 1. The highest BCUT2D eigenvalue weighted by molar-refractivity contribution is 7.92. The number of ketones is 1. The van der Waals surface area contributed by atoms with Gasteiger partial charge in [0.2, 0.25) is 21.8 Å². The molecule has 0 aliphatic rings. The SMILES string of the molecule is CCCNC(=O)[C@H](Cc1ccccc1)N(Cc1ccc(F)cc1)C(=O)CN(c1cccc(C(C)=O)c1)S(C)(=O)=O. The first kappa shape index (κ1) is 30.5. The van der Waals surface area contributed by atoms with Crippen molar-refractivity contribution in [1.82, 2.24) is 10.2 Å². The van der Waals surface area contributed by atoms with Crippen molar-refractivity contribution in [3.8, 4) is 0 Å². The largest absolute Gasteiger partial charge is 0.354 e. The molecule has 0 aliphatic carbocycles. The molecule has 0 radical (unpaired) electrons. The number of anilines is 1. The number of carbonyl (C=O) groups is 3. The molecule has 1 atom stereocenters. The van der Waals surface area contributed by atoms with Crippen LogP contribution in [0.15, 0.2) is 78.9 Å². The van der Waals surface area contributed by atoms with Gasteiger partial charge in [-0.2, -0.15) is 0 Å². The number of hydrogen-bond acceptors (Lipinski definition) is 5. The van der Waals surface area contributed by atoms with Crippen LogP contribution in [0, 0.1) is 5.82 Å². The van der Waals surface area contributed by atoms with Crippen LogP contribution < -0.4 is 9.62 Å². The minimum atomic E-state index is -3.96. The Kier molecular flexibility index (Phi) is 10.6. The van der Waals surface area contributed by atoms with Crippen LogP contribution in [0.4, 0.5) is 10.1 Å². The summed E-state index contributed by atoms with van der Waals surface area (Å²) >= 11 is 0. The highest BCUT2D eigenvalue weighted by Gasteiger charge is 2.33. The van der Waals surface area contributed by atoms with Crippen LogP contribution in [0.2, 0.25) is 0 Å². The standard InChI is InChI=1S/C30H34FN3O5S/c1-4-17-32-30(37)28(18-23-9-6-5-7-10-23)33(20-24-13-15-26(31)16-14-24)29(36)21-34(40(3,38)39)27-12-8-11-25(19-27)22(2)35/h5-16,19,28H,4,17-18,20-21H2,1-3H3,(H,32,37)/t28-/m0/s1. The van der Waals surface area contributed by atoms with Crippen LogP contribution in [0.5, 0.6) is 0 Å². The van der Waals surface area contributed by atoms with E-state index >= 15 is 0 Å². The normalized spacial score (nSPS) is 11.9. The van der Waals surface area contributed by atoms with Crippen LogP contribution >= 0.6 is 0 Å². The second-order valence-electron chi connectivity index (χ2n) is 9.52. The van der Waals surface area contributed by atoms with Crippen LogP contribution in [-0.4, -0.2) is 56.3 Å². The van der Waals surface area contributed by atoms with E-state index < -0.39 is 34.3 Å². The maximum absolute atomic E-state index is 14.0. The van der Waals surface area contributed by atoms with Crippen LogP contribution in [-0.2, 0) is 32.6 Å². The van der Waals surface area contributed by atoms with Gasteiger partial charge in [0.1, 0.15) is 18.4 Å². The van der Waals surface area contributed by atoms with Gasteiger partial charge in [-0.15, -0.1) is 0 Å². The van der Waals surface area contributed by atoms with E-state index in [4.69, 9.17) is 0 Å². The molecule has 0 spiro atoms. The lowest BCUT2D eigenvalue weighted by Gasteiger charge is -2.33. The summed E-state index contributed by atoms with van der Waals surface area (Å²) in [5, 5.41) is 2.86. The Balaban J connectivity index is 2.05. The predicted molar refractivity (Wildman–Crippen MR) is 153 cm³/mol. The summed E-state index contributed by atoms with van der Waals surface area (Å²) in [7, 11) is -3.96. The second-order valence-corrected chi connectivity index (χ2v) is 11.4. The molecule has 0 fully saturated rings. The monoisotopic (exact) mass is 567 g/mol. The first-order chi connectivity index (χ1) is 19.0. The Morgan fingerprint density at radius 2 is 1.60 bits per heavy atom. The summed E-state index contributed by atoms with van der Waals surface area (Å²) in [5.41, 5.74) is 1.83. The van der Waals surface area contributed by atoms with Gasteiger partial charge in [0.25, 0.3) is 0 Å². The van der Waals surface area contributed by atoms with Crippen LogP contribution in [0.3, 0.4) is 0 Å². The highest BCUT2D eigenvalue weighted by Crippen LogP contribution is 2.22. The minimum Gasteiger partial charge on any atom is -0.354 e. The number of amides is 2. The number of benzene rings is 3. The van der Waals surface area contributed by atoms with Crippen molar-refractivity contribution in [3.63, 3.8) is 0 Å². The fourth-order valence-corrected chi connectivity index (χ4v) is 5.04. The summed E-state index contributed by atoms with van der Waals surface area (Å²) in [6.45, 7) is 3.01. The average molecular weight is 568 g/mol. The number of nitrogens with one attached hydrogen (secondary N) is 1. The van der Waals surface area contributed by atoms with Crippen molar-refractivity contribution < 1.29 is 27.2 Å². The summed E-state index contributed by atoms with van der Waals surface area (Å²) in [6, 6.07) is 19.8. The molecule has 0 saturated carbocycles. The first-order valence-corrected chi connectivity index (χ1v) is 14.8. The molecule has 0 heterocycles. The van der Waals surface area contributed by atoms with E-state index in [-0.39, 0.29) is 30.3 Å². The summed E-state index contributed by atoms with van der Waals surface area (Å²) < 4.78 is 40.3. The number of halogens is 1. The van der Waals surface area contributed by atoms with Crippen molar-refractivity contribution in [2.24, 2.45) is 0 Å². The third-order valence-corrected chi connectivity index (χ3v) is 7.45. The van der Waals surface area contributed by atoms with E-state index in [2.05, 4.69) is 5.32 Å². The van der Waals surface area contributed by atoms with Crippen LogP contribution in [0.25, 0.3) is 0 Å². The molecule has 2 amide bonds. The lowest BCUT2D eigenvalue weighted by Crippen LogP contribution is -2.53. The van der Waals surface area contributed by atoms with E-state index in [0.29, 0.717) is 24.1 Å². The second kappa shape index (κ2) is 13.8. The topological polar surface area (TPSA) is 104 Å². The van der Waals surface area contributed by atoms with E-state index in [1.54, 1.807) is 12.1 Å². The number of carbonyl (C=O) groups excluding carboxylic acids is 3. The zero-order valence-corrected chi connectivity index (χ0v) is 23.7. The van der Waals surface area contributed by atoms with Gasteiger partial charge in [-0.25, -0.2) is 12.8 Å². The third kappa shape index (κ3) is 8.47. The molecule has 3 rings (SSSR count). The predicted octanol–water partition coefficient (Wildman–Crippen LogP) is 3.96. The van der Waals surface area contributed by atoms with Gasteiger partial charge in [0.15, 0.2) is 5.78 Å². The van der Waals surface area contributed by atoms with Gasteiger partial charge in [-0.1, -0.05) is 61.5 Å². The summed E-state index contributed by atoms with van der Waals surface area (Å²) in [6.07, 6.45) is 1.84. The Labute approximate surface area is 234 Å². The maximum atomic E-state index is 14.0. The molecule has 0 unspecified atom stereocenters. The molecule has 3 aromatic carbocycles. The average Bonchev–Trinajstić information content (AvgIpc) is 2.93. The number of nitrogens with zero attached hydrogens (tertiary/aromatic N) is 2. The van der Waals surface area contributed by atoms with E-state index in [9.17, 15) is 27.2 Å². The molecular weight excluding hydrogens is 533 g/mol. The molecule has 8 nitrogen and oxygen atoms in total. The van der Waals surface area contributed by atoms with Crippen molar-refractivity contribution >= 4 is 33.3 Å². The Morgan fingerprint density at radius 3 is 2.20 bits per heavy atom. The summed E-state index contributed by atoms with van der Waals surface area (Å²) in [5.74, 6) is -1.71. The molecular formula is C30H34FN3O5S. The molecule has 40 heavy (non-hydrogen) atoms. The molecule has 0 bridgehead atoms. The van der Waals surface area contributed by atoms with E-state index in [0.717, 1.165) is 16.1 Å². The molecule has 0 aliphatic heterocycles. The van der Waals surface area contributed by atoms with Crippen molar-refractivity contribution in [2.75, 3.05) is 23.7 Å². The minimum absolute atomic E-state index is 0.0543. The fraction of sp³-hybridized carbons (Fsp3) is 0.300. The zero-order valence-electron chi connectivity index (χ0n) is 22.8. The lowest BCUT2D eigenvalue weighted by atomic mass is 10.0. The fourth-order valence-electron chi connectivity index (χ4n) is 4.20. The Hall–Kier alpha value is -4.05. The van der Waals surface area contributed by atoms with E-state index in [1.165, 1.54) is 48.2 Å². The smallest absolute Gasteiger partial charge is 0.244 e. The van der Waals surface area contributed by atoms with Gasteiger partial charge < -0.3 is 10.2 Å². The number of rotatable bonds is 13. The van der Waals surface area contributed by atoms with Crippen molar-refractivity contribution in [1.29, 1.82) is 0 Å². The van der Waals surface area contributed by atoms with Crippen molar-refractivity contribution in [3.05, 3.63) is 101 Å². The molecule has 10 heteroatoms. The van der Waals surface area contributed by atoms with Gasteiger partial charge >= 0.3 is 0 Å². The Morgan fingerprint density at radius 1 is 0.925 bits per heavy atom. The third-order valence-electron chi connectivity index (χ3n) is 6.31. The lowest BCUT2D eigenvalue weighted by molar-refractivity contribution is -0.140. The van der Waals surface area contributed by atoms with Gasteiger partial charge in [0.05, 0.1) is 11.9 Å². The van der Waals surface area contributed by atoms with E-state index in [1.807, 2.05) is 37.3 Å². The highest BCUT2D eigenvalue weighted by atomic mass is 32.2.